The van der Waals surface area contributed by atoms with Crippen LogP contribution in [0, 0.1) is 0 Å². The number of rotatable bonds is 4. The molecule has 0 radical (unpaired) electrons. The quantitative estimate of drug-likeness (QED) is 0.743. The smallest absolute Gasteiger partial charge is 0.277 e. The van der Waals surface area contributed by atoms with Gasteiger partial charge in [-0.05, 0) is 6.07 Å². The van der Waals surface area contributed by atoms with E-state index in [2.05, 4.69) is 15.2 Å². The van der Waals surface area contributed by atoms with Crippen LogP contribution in [-0.4, -0.2) is 27.4 Å². The van der Waals surface area contributed by atoms with E-state index in [0.717, 1.165) is 28.2 Å². The molecule has 1 aromatic carbocycles. The Hall–Kier alpha value is -1.89. The zero-order valence-electron chi connectivity index (χ0n) is 9.64. The van der Waals surface area contributed by atoms with Crippen LogP contribution in [-0.2, 0) is 0 Å². The number of fused-ring (bicyclic) bond motifs is 1. The predicted octanol–water partition coefficient (Wildman–Crippen LogP) is 3.58. The zero-order chi connectivity index (χ0) is 13.2. The second-order valence-corrected chi connectivity index (χ2v) is 4.79. The number of aromatic nitrogens is 3. The fourth-order valence-electron chi connectivity index (χ4n) is 1.76. The van der Waals surface area contributed by atoms with Gasteiger partial charge in [0.1, 0.15) is 0 Å². The standard InChI is InChI=1S/C12H9F2N3OS/c13-10(14)6-19-12-17-16-11(18-12)8-5-15-9-4-2-1-3-7(8)9/h1-5,10,15H,6H2. The fraction of sp³-hybridized carbons (Fsp3) is 0.167. The van der Waals surface area contributed by atoms with Gasteiger partial charge in [-0.2, -0.15) is 0 Å². The molecule has 0 saturated heterocycles. The molecule has 4 nitrogen and oxygen atoms in total. The predicted molar refractivity (Wildman–Crippen MR) is 68.3 cm³/mol. The Morgan fingerprint density at radius 3 is 2.95 bits per heavy atom. The third-order valence-corrected chi connectivity index (χ3v) is 3.39. The lowest BCUT2D eigenvalue weighted by Gasteiger charge is -1.93. The number of hydrogen-bond donors (Lipinski definition) is 1. The molecule has 3 aromatic rings. The van der Waals surface area contributed by atoms with Crippen LogP contribution in [0.4, 0.5) is 8.78 Å². The molecule has 0 aliphatic heterocycles. The highest BCUT2D eigenvalue weighted by Crippen LogP contribution is 2.29. The highest BCUT2D eigenvalue weighted by atomic mass is 32.2. The molecule has 0 aliphatic carbocycles. The summed E-state index contributed by atoms with van der Waals surface area (Å²) in [6, 6.07) is 7.68. The summed E-state index contributed by atoms with van der Waals surface area (Å²) in [7, 11) is 0. The lowest BCUT2D eigenvalue weighted by molar-refractivity contribution is 0.176. The molecule has 0 bridgehead atoms. The summed E-state index contributed by atoms with van der Waals surface area (Å²) < 4.78 is 29.6. The summed E-state index contributed by atoms with van der Waals surface area (Å²) in [5.41, 5.74) is 1.73. The Morgan fingerprint density at radius 2 is 2.11 bits per heavy atom. The number of para-hydroxylation sites is 1. The van der Waals surface area contributed by atoms with Gasteiger partial charge < -0.3 is 9.40 Å². The van der Waals surface area contributed by atoms with Crippen LogP contribution in [0.3, 0.4) is 0 Å². The Bertz CT molecular complexity index is 695. The fourth-order valence-corrected chi connectivity index (χ4v) is 2.26. The third kappa shape index (κ3) is 2.46. The third-order valence-electron chi connectivity index (χ3n) is 2.56. The summed E-state index contributed by atoms with van der Waals surface area (Å²) in [6.07, 6.45) is -0.631. The van der Waals surface area contributed by atoms with Crippen molar-refractivity contribution in [2.24, 2.45) is 0 Å². The molecule has 1 N–H and O–H groups in total. The van der Waals surface area contributed by atoms with Crippen LogP contribution < -0.4 is 0 Å². The van der Waals surface area contributed by atoms with Gasteiger partial charge in [0.15, 0.2) is 0 Å². The molecule has 3 rings (SSSR count). The highest BCUT2D eigenvalue weighted by molar-refractivity contribution is 7.99. The van der Waals surface area contributed by atoms with E-state index >= 15 is 0 Å². The van der Waals surface area contributed by atoms with Crippen molar-refractivity contribution in [3.63, 3.8) is 0 Å². The van der Waals surface area contributed by atoms with Gasteiger partial charge in [0.05, 0.1) is 11.3 Å². The van der Waals surface area contributed by atoms with Crippen LogP contribution in [0.1, 0.15) is 0 Å². The van der Waals surface area contributed by atoms with E-state index in [0.29, 0.717) is 5.89 Å². The van der Waals surface area contributed by atoms with E-state index in [-0.39, 0.29) is 11.0 Å². The summed E-state index contributed by atoms with van der Waals surface area (Å²) in [5.74, 6) is -0.0237. The molecular weight excluding hydrogens is 272 g/mol. The normalized spacial score (nSPS) is 11.5. The summed E-state index contributed by atoms with van der Waals surface area (Å²) in [4.78, 5) is 3.09. The maximum absolute atomic E-state index is 12.1. The minimum Gasteiger partial charge on any atom is -0.411 e. The lowest BCUT2D eigenvalue weighted by Crippen LogP contribution is -1.92. The summed E-state index contributed by atoms with van der Waals surface area (Å²) in [5, 5.41) is 8.74. The van der Waals surface area contributed by atoms with Crippen molar-refractivity contribution in [1.29, 1.82) is 0 Å². The number of nitrogens with one attached hydrogen (secondary N) is 1. The van der Waals surface area contributed by atoms with Crippen molar-refractivity contribution in [3.8, 4) is 11.5 Å². The van der Waals surface area contributed by atoms with Gasteiger partial charge in [-0.1, -0.05) is 30.0 Å². The Labute approximate surface area is 111 Å². The minimum absolute atomic E-state index is 0.153. The zero-order valence-corrected chi connectivity index (χ0v) is 10.5. The number of thioether (sulfide) groups is 1. The molecule has 2 aromatic heterocycles. The van der Waals surface area contributed by atoms with E-state index in [4.69, 9.17) is 4.42 Å². The number of halogens is 2. The van der Waals surface area contributed by atoms with Crippen molar-refractivity contribution in [2.75, 3.05) is 5.75 Å². The second-order valence-electron chi connectivity index (χ2n) is 3.82. The van der Waals surface area contributed by atoms with Gasteiger partial charge in [0.2, 0.25) is 6.43 Å². The molecule has 0 saturated carbocycles. The minimum atomic E-state index is -2.39. The van der Waals surface area contributed by atoms with Gasteiger partial charge in [0.25, 0.3) is 11.1 Å². The Balaban J connectivity index is 1.90. The summed E-state index contributed by atoms with van der Waals surface area (Å²) >= 11 is 0.852. The number of aromatic amines is 1. The first kappa shape index (κ1) is 12.2. The van der Waals surface area contributed by atoms with Gasteiger partial charge in [0, 0.05) is 17.1 Å². The van der Waals surface area contributed by atoms with E-state index in [1.165, 1.54) is 0 Å². The van der Waals surface area contributed by atoms with Crippen molar-refractivity contribution in [1.82, 2.24) is 15.2 Å². The maximum atomic E-state index is 12.1. The first-order valence-corrected chi connectivity index (χ1v) is 6.53. The Morgan fingerprint density at radius 1 is 1.26 bits per heavy atom. The van der Waals surface area contributed by atoms with Crippen molar-refractivity contribution in [2.45, 2.75) is 11.6 Å². The molecule has 98 valence electrons. The van der Waals surface area contributed by atoms with Crippen LogP contribution in [0.2, 0.25) is 0 Å². The number of benzene rings is 1. The lowest BCUT2D eigenvalue weighted by atomic mass is 10.2. The molecule has 0 amide bonds. The first-order chi connectivity index (χ1) is 9.24. The molecule has 19 heavy (non-hydrogen) atoms. The van der Waals surface area contributed by atoms with Gasteiger partial charge in [-0.25, -0.2) is 8.78 Å². The molecule has 0 atom stereocenters. The van der Waals surface area contributed by atoms with E-state index in [9.17, 15) is 8.78 Å². The number of hydrogen-bond acceptors (Lipinski definition) is 4. The van der Waals surface area contributed by atoms with Crippen LogP contribution >= 0.6 is 11.8 Å². The van der Waals surface area contributed by atoms with Crippen LogP contribution in [0.15, 0.2) is 40.1 Å². The van der Waals surface area contributed by atoms with Crippen molar-refractivity contribution < 1.29 is 13.2 Å². The van der Waals surface area contributed by atoms with Crippen LogP contribution in [0.5, 0.6) is 0 Å². The topological polar surface area (TPSA) is 54.7 Å². The highest BCUT2D eigenvalue weighted by Gasteiger charge is 2.14. The van der Waals surface area contributed by atoms with E-state index in [1.54, 1.807) is 6.20 Å². The largest absolute Gasteiger partial charge is 0.411 e. The average molecular weight is 281 g/mol. The number of nitrogens with zero attached hydrogens (tertiary/aromatic N) is 2. The van der Waals surface area contributed by atoms with E-state index < -0.39 is 6.43 Å². The second kappa shape index (κ2) is 5.00. The van der Waals surface area contributed by atoms with Crippen molar-refractivity contribution in [3.05, 3.63) is 30.5 Å². The molecular formula is C12H9F2N3OS. The van der Waals surface area contributed by atoms with Crippen LogP contribution in [0.25, 0.3) is 22.4 Å². The summed E-state index contributed by atoms with van der Waals surface area (Å²) in [6.45, 7) is 0. The van der Waals surface area contributed by atoms with Crippen molar-refractivity contribution >= 4 is 22.7 Å². The van der Waals surface area contributed by atoms with Gasteiger partial charge in [-0.15, -0.1) is 10.2 Å². The molecule has 0 spiro atoms. The molecule has 7 heteroatoms. The SMILES string of the molecule is FC(F)CSc1nnc(-c2c[nH]c3ccccc23)o1. The maximum Gasteiger partial charge on any atom is 0.277 e. The molecule has 0 unspecified atom stereocenters. The monoisotopic (exact) mass is 281 g/mol. The number of H-pyrrole nitrogens is 1. The number of alkyl halides is 2. The molecule has 0 fully saturated rings. The molecule has 2 heterocycles. The van der Waals surface area contributed by atoms with E-state index in [1.807, 2.05) is 24.3 Å². The van der Waals surface area contributed by atoms with Gasteiger partial charge >= 0.3 is 0 Å². The average Bonchev–Trinajstić information content (AvgIpc) is 3.02. The molecule has 0 aliphatic rings. The van der Waals surface area contributed by atoms with Gasteiger partial charge in [-0.3, -0.25) is 0 Å². The Kier molecular flexibility index (Phi) is 3.20. The first-order valence-electron chi connectivity index (χ1n) is 5.55.